The standard InChI is InChI=1S/C30H32O6/c1-3-9-25(10-4-1)33-21-17-31-19-23-35-29-15-7-14-28-27(29)13-8-16-30(28)36-24-20-32-18-22-34-26-11-5-2-6-12-26/h1-16H,17-24H2. The normalized spacial score (nSPS) is 10.8. The van der Waals surface area contributed by atoms with Crippen molar-refractivity contribution in [2.45, 2.75) is 0 Å². The average Bonchev–Trinajstić information content (AvgIpc) is 2.93. The summed E-state index contributed by atoms with van der Waals surface area (Å²) in [7, 11) is 0. The lowest BCUT2D eigenvalue weighted by Gasteiger charge is -2.13. The molecule has 0 heterocycles. The van der Waals surface area contributed by atoms with Crippen LogP contribution in [0.1, 0.15) is 0 Å². The minimum Gasteiger partial charge on any atom is -0.491 e. The van der Waals surface area contributed by atoms with E-state index in [-0.39, 0.29) is 0 Å². The van der Waals surface area contributed by atoms with E-state index in [1.807, 2.05) is 97.1 Å². The first-order valence-electron chi connectivity index (χ1n) is 12.2. The Kier molecular flexibility index (Phi) is 10.3. The first kappa shape index (κ1) is 25.4. The van der Waals surface area contributed by atoms with Crippen molar-refractivity contribution in [1.29, 1.82) is 0 Å². The maximum Gasteiger partial charge on any atom is 0.127 e. The first-order chi connectivity index (χ1) is 17.9. The second-order valence-electron chi connectivity index (χ2n) is 7.85. The molecule has 0 saturated heterocycles. The van der Waals surface area contributed by atoms with Crippen molar-refractivity contribution in [1.82, 2.24) is 0 Å². The van der Waals surface area contributed by atoms with E-state index in [4.69, 9.17) is 28.4 Å². The zero-order valence-corrected chi connectivity index (χ0v) is 20.3. The average molecular weight is 489 g/mol. The molecule has 0 bridgehead atoms. The highest BCUT2D eigenvalue weighted by molar-refractivity contribution is 5.93. The SMILES string of the molecule is c1ccc(OCCOCCOc2cccc3c(OCCOCCOc4ccccc4)cccc23)cc1. The van der Waals surface area contributed by atoms with Crippen LogP contribution in [0.3, 0.4) is 0 Å². The number of hydrogen-bond donors (Lipinski definition) is 0. The van der Waals surface area contributed by atoms with Crippen LogP contribution in [-0.4, -0.2) is 52.9 Å². The highest BCUT2D eigenvalue weighted by atomic mass is 16.6. The van der Waals surface area contributed by atoms with Crippen LogP contribution in [0, 0.1) is 0 Å². The Balaban J connectivity index is 1.14. The van der Waals surface area contributed by atoms with E-state index in [0.29, 0.717) is 52.9 Å². The maximum atomic E-state index is 5.99. The molecule has 0 unspecified atom stereocenters. The Bertz CT molecular complexity index is 1060. The zero-order valence-electron chi connectivity index (χ0n) is 20.3. The van der Waals surface area contributed by atoms with Crippen LogP contribution in [0.15, 0.2) is 97.1 Å². The Morgan fingerprint density at radius 2 is 0.722 bits per heavy atom. The number of para-hydroxylation sites is 2. The van der Waals surface area contributed by atoms with E-state index in [0.717, 1.165) is 33.8 Å². The minimum absolute atomic E-state index is 0.453. The van der Waals surface area contributed by atoms with Crippen molar-refractivity contribution >= 4 is 10.8 Å². The van der Waals surface area contributed by atoms with Gasteiger partial charge in [0, 0.05) is 10.8 Å². The van der Waals surface area contributed by atoms with E-state index in [1.54, 1.807) is 0 Å². The fourth-order valence-electron chi connectivity index (χ4n) is 3.60. The van der Waals surface area contributed by atoms with Gasteiger partial charge in [0.1, 0.15) is 49.4 Å². The van der Waals surface area contributed by atoms with Crippen molar-refractivity contribution in [3.05, 3.63) is 97.1 Å². The van der Waals surface area contributed by atoms with Crippen LogP contribution >= 0.6 is 0 Å². The number of fused-ring (bicyclic) bond motifs is 1. The van der Waals surface area contributed by atoms with E-state index in [1.165, 1.54) is 0 Å². The van der Waals surface area contributed by atoms with Gasteiger partial charge in [-0.25, -0.2) is 0 Å². The van der Waals surface area contributed by atoms with Crippen LogP contribution in [0.5, 0.6) is 23.0 Å². The van der Waals surface area contributed by atoms with Crippen LogP contribution in [-0.2, 0) is 9.47 Å². The van der Waals surface area contributed by atoms with Crippen LogP contribution < -0.4 is 18.9 Å². The number of ether oxygens (including phenoxy) is 6. The lowest BCUT2D eigenvalue weighted by atomic mass is 10.1. The van der Waals surface area contributed by atoms with E-state index >= 15 is 0 Å². The third-order valence-corrected chi connectivity index (χ3v) is 5.29. The predicted molar refractivity (Wildman–Crippen MR) is 140 cm³/mol. The fraction of sp³-hybridized carbons (Fsp3) is 0.267. The molecule has 0 radical (unpaired) electrons. The molecule has 0 aliphatic carbocycles. The molecule has 0 N–H and O–H groups in total. The summed E-state index contributed by atoms with van der Waals surface area (Å²) in [6, 6.07) is 31.3. The van der Waals surface area contributed by atoms with Gasteiger partial charge in [-0.05, 0) is 36.4 Å². The Hall–Kier alpha value is -3.74. The Morgan fingerprint density at radius 3 is 1.14 bits per heavy atom. The maximum absolute atomic E-state index is 5.99. The Labute approximate surface area is 212 Å². The minimum atomic E-state index is 0.453. The molecule has 0 spiro atoms. The Morgan fingerprint density at radius 1 is 0.333 bits per heavy atom. The molecule has 0 atom stereocenters. The molecule has 0 aromatic heterocycles. The van der Waals surface area contributed by atoms with Crippen molar-refractivity contribution in [3.63, 3.8) is 0 Å². The van der Waals surface area contributed by atoms with Gasteiger partial charge in [0.05, 0.1) is 26.4 Å². The summed E-state index contributed by atoms with van der Waals surface area (Å²) in [5, 5.41) is 2.00. The molecule has 4 rings (SSSR count). The topological polar surface area (TPSA) is 55.4 Å². The number of hydrogen-bond acceptors (Lipinski definition) is 6. The molecule has 4 aromatic rings. The van der Waals surface area contributed by atoms with E-state index in [2.05, 4.69) is 0 Å². The molecule has 0 saturated carbocycles. The summed E-state index contributed by atoms with van der Waals surface area (Å²) >= 11 is 0. The summed E-state index contributed by atoms with van der Waals surface area (Å²) < 4.78 is 34.5. The molecule has 188 valence electrons. The van der Waals surface area contributed by atoms with Gasteiger partial charge in [-0.3, -0.25) is 0 Å². The third-order valence-electron chi connectivity index (χ3n) is 5.29. The second-order valence-corrected chi connectivity index (χ2v) is 7.85. The van der Waals surface area contributed by atoms with Gasteiger partial charge in [-0.1, -0.05) is 60.7 Å². The van der Waals surface area contributed by atoms with Gasteiger partial charge in [0.25, 0.3) is 0 Å². The first-order valence-corrected chi connectivity index (χ1v) is 12.2. The molecule has 4 aromatic carbocycles. The van der Waals surface area contributed by atoms with Crippen LogP contribution in [0.4, 0.5) is 0 Å². The number of rotatable bonds is 16. The zero-order chi connectivity index (χ0) is 24.7. The van der Waals surface area contributed by atoms with E-state index in [9.17, 15) is 0 Å². The molecular formula is C30H32O6. The molecule has 0 fully saturated rings. The largest absolute Gasteiger partial charge is 0.491 e. The van der Waals surface area contributed by atoms with Crippen LogP contribution in [0.2, 0.25) is 0 Å². The van der Waals surface area contributed by atoms with Gasteiger partial charge in [-0.2, -0.15) is 0 Å². The van der Waals surface area contributed by atoms with Crippen molar-refractivity contribution in [3.8, 4) is 23.0 Å². The smallest absolute Gasteiger partial charge is 0.127 e. The third kappa shape index (κ3) is 8.18. The lowest BCUT2D eigenvalue weighted by Crippen LogP contribution is -2.12. The molecular weight excluding hydrogens is 456 g/mol. The molecule has 36 heavy (non-hydrogen) atoms. The second kappa shape index (κ2) is 14.6. The molecule has 0 amide bonds. The fourth-order valence-corrected chi connectivity index (χ4v) is 3.60. The van der Waals surface area contributed by atoms with Gasteiger partial charge in [0.2, 0.25) is 0 Å². The van der Waals surface area contributed by atoms with Gasteiger partial charge in [-0.15, -0.1) is 0 Å². The van der Waals surface area contributed by atoms with Gasteiger partial charge >= 0.3 is 0 Å². The van der Waals surface area contributed by atoms with Gasteiger partial charge in [0.15, 0.2) is 0 Å². The summed E-state index contributed by atoms with van der Waals surface area (Å²) in [5.41, 5.74) is 0. The molecule has 0 aliphatic rings. The summed E-state index contributed by atoms with van der Waals surface area (Å²) in [6.45, 7) is 3.89. The van der Waals surface area contributed by atoms with E-state index < -0.39 is 0 Å². The van der Waals surface area contributed by atoms with Crippen molar-refractivity contribution in [2.75, 3.05) is 52.9 Å². The lowest BCUT2D eigenvalue weighted by molar-refractivity contribution is 0.0765. The molecule has 0 aliphatic heterocycles. The highest BCUT2D eigenvalue weighted by Gasteiger charge is 2.07. The summed E-state index contributed by atoms with van der Waals surface area (Å²) in [6.07, 6.45) is 0. The quantitative estimate of drug-likeness (QED) is 0.186. The predicted octanol–water partition coefficient (Wildman–Crippen LogP) is 5.79. The van der Waals surface area contributed by atoms with Gasteiger partial charge < -0.3 is 28.4 Å². The van der Waals surface area contributed by atoms with Crippen molar-refractivity contribution in [2.24, 2.45) is 0 Å². The summed E-state index contributed by atoms with van der Waals surface area (Å²) in [4.78, 5) is 0. The molecule has 6 nitrogen and oxygen atoms in total. The highest BCUT2D eigenvalue weighted by Crippen LogP contribution is 2.32. The summed E-state index contributed by atoms with van der Waals surface area (Å²) in [5.74, 6) is 3.29. The monoisotopic (exact) mass is 488 g/mol. The van der Waals surface area contributed by atoms with Crippen LogP contribution in [0.25, 0.3) is 10.8 Å². The van der Waals surface area contributed by atoms with Crippen molar-refractivity contribution < 1.29 is 28.4 Å². The molecule has 6 heteroatoms. The number of benzene rings is 4.